The SMILES string of the molecule is COC(=O)C1CC(N)CN1C(=O)O. The van der Waals surface area contributed by atoms with Crippen molar-refractivity contribution in [3.8, 4) is 0 Å². The Morgan fingerprint density at radius 2 is 2.23 bits per heavy atom. The van der Waals surface area contributed by atoms with E-state index in [4.69, 9.17) is 10.8 Å². The summed E-state index contributed by atoms with van der Waals surface area (Å²) in [5.74, 6) is -0.546. The summed E-state index contributed by atoms with van der Waals surface area (Å²) in [6.07, 6.45) is -0.803. The Morgan fingerprint density at radius 1 is 1.62 bits per heavy atom. The molecular formula is C7H12N2O4. The van der Waals surface area contributed by atoms with E-state index in [0.29, 0.717) is 6.42 Å². The van der Waals surface area contributed by atoms with Crippen LogP contribution in [0.25, 0.3) is 0 Å². The van der Waals surface area contributed by atoms with Crippen molar-refractivity contribution in [1.82, 2.24) is 4.90 Å². The molecule has 0 bridgehead atoms. The number of amides is 1. The quantitative estimate of drug-likeness (QED) is 0.527. The first-order valence-electron chi connectivity index (χ1n) is 3.89. The van der Waals surface area contributed by atoms with Crippen molar-refractivity contribution < 1.29 is 19.4 Å². The molecular weight excluding hydrogens is 176 g/mol. The first-order chi connectivity index (χ1) is 6.06. The van der Waals surface area contributed by atoms with E-state index in [1.807, 2.05) is 0 Å². The summed E-state index contributed by atoms with van der Waals surface area (Å²) >= 11 is 0. The molecule has 0 aromatic carbocycles. The molecule has 0 radical (unpaired) electrons. The molecule has 74 valence electrons. The van der Waals surface area contributed by atoms with Gasteiger partial charge in [-0.25, -0.2) is 9.59 Å². The van der Waals surface area contributed by atoms with Gasteiger partial charge in [0.2, 0.25) is 0 Å². The summed E-state index contributed by atoms with van der Waals surface area (Å²) in [6.45, 7) is 0.190. The topological polar surface area (TPSA) is 92.9 Å². The summed E-state index contributed by atoms with van der Waals surface area (Å²) in [7, 11) is 1.23. The van der Waals surface area contributed by atoms with Gasteiger partial charge >= 0.3 is 12.1 Å². The van der Waals surface area contributed by atoms with E-state index < -0.39 is 18.1 Å². The van der Waals surface area contributed by atoms with Gasteiger partial charge in [0.15, 0.2) is 0 Å². The maximum atomic E-state index is 11.1. The molecule has 0 aromatic heterocycles. The summed E-state index contributed by atoms with van der Waals surface area (Å²) in [4.78, 5) is 22.7. The van der Waals surface area contributed by atoms with Crippen LogP contribution in [0.15, 0.2) is 0 Å². The van der Waals surface area contributed by atoms with Gasteiger partial charge in [-0.05, 0) is 6.42 Å². The predicted octanol–water partition coefficient (Wildman–Crippen LogP) is -0.761. The number of carboxylic acid groups (broad SMARTS) is 1. The molecule has 3 N–H and O–H groups in total. The molecule has 0 saturated carbocycles. The van der Waals surface area contributed by atoms with Gasteiger partial charge in [0.05, 0.1) is 7.11 Å². The van der Waals surface area contributed by atoms with Gasteiger partial charge in [-0.15, -0.1) is 0 Å². The number of carbonyl (C=O) groups is 2. The van der Waals surface area contributed by atoms with Gasteiger partial charge in [0.25, 0.3) is 0 Å². The van der Waals surface area contributed by atoms with Crippen LogP contribution in [-0.2, 0) is 9.53 Å². The minimum absolute atomic E-state index is 0.190. The zero-order valence-corrected chi connectivity index (χ0v) is 7.27. The van der Waals surface area contributed by atoms with E-state index in [0.717, 1.165) is 4.90 Å². The number of likely N-dealkylation sites (tertiary alicyclic amines) is 1. The van der Waals surface area contributed by atoms with Crippen LogP contribution in [0.4, 0.5) is 4.79 Å². The molecule has 1 rings (SSSR count). The molecule has 1 amide bonds. The minimum atomic E-state index is -1.14. The number of methoxy groups -OCH3 is 1. The lowest BCUT2D eigenvalue weighted by atomic mass is 10.2. The molecule has 6 nitrogen and oxygen atoms in total. The lowest BCUT2D eigenvalue weighted by Gasteiger charge is -2.18. The van der Waals surface area contributed by atoms with E-state index in [1.54, 1.807) is 0 Å². The fraction of sp³-hybridized carbons (Fsp3) is 0.714. The van der Waals surface area contributed by atoms with Gasteiger partial charge < -0.3 is 15.6 Å². The molecule has 2 atom stereocenters. The number of hydrogen-bond acceptors (Lipinski definition) is 4. The number of ether oxygens (including phenoxy) is 1. The van der Waals surface area contributed by atoms with Crippen molar-refractivity contribution in [2.45, 2.75) is 18.5 Å². The maximum absolute atomic E-state index is 11.1. The lowest BCUT2D eigenvalue weighted by molar-refractivity contribution is -0.145. The second-order valence-electron chi connectivity index (χ2n) is 2.97. The molecule has 1 fully saturated rings. The zero-order valence-electron chi connectivity index (χ0n) is 7.27. The van der Waals surface area contributed by atoms with E-state index in [-0.39, 0.29) is 12.6 Å². The van der Waals surface area contributed by atoms with E-state index in [2.05, 4.69) is 4.74 Å². The van der Waals surface area contributed by atoms with Crippen molar-refractivity contribution in [2.75, 3.05) is 13.7 Å². The monoisotopic (exact) mass is 188 g/mol. The van der Waals surface area contributed by atoms with Crippen LogP contribution in [0.2, 0.25) is 0 Å². The smallest absolute Gasteiger partial charge is 0.408 e. The second-order valence-corrected chi connectivity index (χ2v) is 2.97. The van der Waals surface area contributed by atoms with Crippen LogP contribution in [0, 0.1) is 0 Å². The van der Waals surface area contributed by atoms with Crippen LogP contribution >= 0.6 is 0 Å². The number of carbonyl (C=O) groups excluding carboxylic acids is 1. The molecule has 1 heterocycles. The molecule has 1 aliphatic heterocycles. The van der Waals surface area contributed by atoms with Crippen LogP contribution in [0.3, 0.4) is 0 Å². The van der Waals surface area contributed by atoms with Crippen LogP contribution in [0.5, 0.6) is 0 Å². The highest BCUT2D eigenvalue weighted by molar-refractivity contribution is 5.81. The molecule has 0 aromatic rings. The number of nitrogens with zero attached hydrogens (tertiary/aromatic N) is 1. The molecule has 0 spiro atoms. The summed E-state index contributed by atoms with van der Waals surface area (Å²) in [5, 5.41) is 8.71. The van der Waals surface area contributed by atoms with Crippen molar-refractivity contribution in [1.29, 1.82) is 0 Å². The third kappa shape index (κ3) is 1.89. The largest absolute Gasteiger partial charge is 0.467 e. The first-order valence-corrected chi connectivity index (χ1v) is 3.89. The van der Waals surface area contributed by atoms with E-state index in [9.17, 15) is 9.59 Å². The Kier molecular flexibility index (Phi) is 2.72. The van der Waals surface area contributed by atoms with Crippen LogP contribution in [-0.4, -0.2) is 47.8 Å². The molecule has 0 aliphatic carbocycles. The number of hydrogen-bond donors (Lipinski definition) is 2. The third-order valence-corrected chi connectivity index (χ3v) is 2.05. The second kappa shape index (κ2) is 3.61. The number of esters is 1. The summed E-state index contributed by atoms with van der Waals surface area (Å²) in [5.41, 5.74) is 5.53. The maximum Gasteiger partial charge on any atom is 0.408 e. The molecule has 1 aliphatic rings. The number of rotatable bonds is 1. The number of nitrogens with two attached hydrogens (primary N) is 1. The average molecular weight is 188 g/mol. The Labute approximate surface area is 75.3 Å². The Balaban J connectivity index is 2.71. The van der Waals surface area contributed by atoms with E-state index in [1.165, 1.54) is 7.11 Å². The van der Waals surface area contributed by atoms with Crippen molar-refractivity contribution in [3.05, 3.63) is 0 Å². The van der Waals surface area contributed by atoms with Gasteiger partial charge in [0, 0.05) is 12.6 Å². The molecule has 13 heavy (non-hydrogen) atoms. The average Bonchev–Trinajstić information content (AvgIpc) is 2.46. The van der Waals surface area contributed by atoms with Crippen molar-refractivity contribution in [2.24, 2.45) is 5.73 Å². The molecule has 1 saturated heterocycles. The Bertz CT molecular complexity index is 231. The van der Waals surface area contributed by atoms with E-state index >= 15 is 0 Å². The molecule has 6 heteroatoms. The Morgan fingerprint density at radius 3 is 2.69 bits per heavy atom. The minimum Gasteiger partial charge on any atom is -0.467 e. The summed E-state index contributed by atoms with van der Waals surface area (Å²) in [6, 6.07) is -1.02. The molecule has 2 unspecified atom stereocenters. The fourth-order valence-corrected chi connectivity index (χ4v) is 1.44. The van der Waals surface area contributed by atoms with Gasteiger partial charge in [0.1, 0.15) is 6.04 Å². The van der Waals surface area contributed by atoms with Crippen LogP contribution in [0.1, 0.15) is 6.42 Å². The van der Waals surface area contributed by atoms with Crippen molar-refractivity contribution >= 4 is 12.1 Å². The van der Waals surface area contributed by atoms with Gasteiger partial charge in [-0.3, -0.25) is 4.90 Å². The predicted molar refractivity (Wildman–Crippen MR) is 43.1 cm³/mol. The van der Waals surface area contributed by atoms with Gasteiger partial charge in [-0.1, -0.05) is 0 Å². The highest BCUT2D eigenvalue weighted by Gasteiger charge is 2.38. The first kappa shape index (κ1) is 9.79. The highest BCUT2D eigenvalue weighted by Crippen LogP contribution is 2.17. The van der Waals surface area contributed by atoms with Gasteiger partial charge in [-0.2, -0.15) is 0 Å². The third-order valence-electron chi connectivity index (χ3n) is 2.05. The normalized spacial score (nSPS) is 27.4. The summed E-state index contributed by atoms with van der Waals surface area (Å²) < 4.78 is 4.46. The standard InChI is InChI=1S/C7H12N2O4/c1-13-6(10)5-2-4(8)3-9(5)7(11)12/h4-5H,2-3,8H2,1H3,(H,11,12). The fourth-order valence-electron chi connectivity index (χ4n) is 1.44. The zero-order chi connectivity index (χ0) is 10.0. The highest BCUT2D eigenvalue weighted by atomic mass is 16.5. The Hall–Kier alpha value is -1.30. The lowest BCUT2D eigenvalue weighted by Crippen LogP contribution is -2.40. The van der Waals surface area contributed by atoms with Crippen LogP contribution < -0.4 is 5.73 Å². The van der Waals surface area contributed by atoms with Crippen molar-refractivity contribution in [3.63, 3.8) is 0 Å².